The standard InChI is InChI=1S/C19H32FN/c1-5-8-9-16(7-3)19(21-12-6-2)14-17-13-18(20)11-10-15(17)4/h10-11,13,16,19,21H,5-9,12,14H2,1-4H3. The maximum Gasteiger partial charge on any atom is 0.123 e. The largest absolute Gasteiger partial charge is 0.313 e. The Bertz CT molecular complexity index is 403. The number of halogens is 1. The molecule has 120 valence electrons. The number of hydrogen-bond donors (Lipinski definition) is 1. The van der Waals surface area contributed by atoms with Gasteiger partial charge in [0.25, 0.3) is 0 Å². The molecule has 0 fully saturated rings. The molecule has 1 aromatic carbocycles. The quantitative estimate of drug-likeness (QED) is 0.620. The van der Waals surface area contributed by atoms with Gasteiger partial charge in [-0.15, -0.1) is 0 Å². The van der Waals surface area contributed by atoms with Gasteiger partial charge in [0.15, 0.2) is 0 Å². The highest BCUT2D eigenvalue weighted by Crippen LogP contribution is 2.22. The van der Waals surface area contributed by atoms with Crippen LogP contribution in [0, 0.1) is 18.7 Å². The van der Waals surface area contributed by atoms with E-state index in [9.17, 15) is 4.39 Å². The van der Waals surface area contributed by atoms with Crippen molar-refractivity contribution in [1.82, 2.24) is 5.32 Å². The summed E-state index contributed by atoms with van der Waals surface area (Å²) >= 11 is 0. The van der Waals surface area contributed by atoms with Crippen molar-refractivity contribution in [2.24, 2.45) is 5.92 Å². The third-order valence-electron chi connectivity index (χ3n) is 4.43. The van der Waals surface area contributed by atoms with Crippen molar-refractivity contribution in [1.29, 1.82) is 0 Å². The van der Waals surface area contributed by atoms with Crippen LogP contribution in [0.4, 0.5) is 4.39 Å². The predicted molar refractivity (Wildman–Crippen MR) is 90.2 cm³/mol. The fraction of sp³-hybridized carbons (Fsp3) is 0.684. The van der Waals surface area contributed by atoms with Gasteiger partial charge in [0.05, 0.1) is 0 Å². The van der Waals surface area contributed by atoms with E-state index >= 15 is 0 Å². The van der Waals surface area contributed by atoms with E-state index in [0.717, 1.165) is 24.9 Å². The van der Waals surface area contributed by atoms with Gasteiger partial charge in [-0.05, 0) is 61.9 Å². The van der Waals surface area contributed by atoms with Gasteiger partial charge in [-0.2, -0.15) is 0 Å². The second-order valence-electron chi connectivity index (χ2n) is 6.15. The average Bonchev–Trinajstić information content (AvgIpc) is 2.48. The molecule has 0 saturated carbocycles. The number of unbranched alkanes of at least 4 members (excludes halogenated alkanes) is 1. The Morgan fingerprint density at radius 1 is 1.14 bits per heavy atom. The predicted octanol–water partition coefficient (Wildman–Crippen LogP) is 5.26. The van der Waals surface area contributed by atoms with Crippen molar-refractivity contribution in [3.63, 3.8) is 0 Å². The number of rotatable bonds is 10. The van der Waals surface area contributed by atoms with Gasteiger partial charge in [-0.25, -0.2) is 4.39 Å². The van der Waals surface area contributed by atoms with Crippen molar-refractivity contribution in [2.45, 2.75) is 72.3 Å². The van der Waals surface area contributed by atoms with Crippen molar-refractivity contribution in [3.8, 4) is 0 Å². The minimum atomic E-state index is -0.119. The number of nitrogens with one attached hydrogen (secondary N) is 1. The summed E-state index contributed by atoms with van der Waals surface area (Å²) in [5.41, 5.74) is 2.35. The van der Waals surface area contributed by atoms with Crippen molar-refractivity contribution >= 4 is 0 Å². The van der Waals surface area contributed by atoms with E-state index in [-0.39, 0.29) is 5.82 Å². The molecule has 1 N–H and O–H groups in total. The van der Waals surface area contributed by atoms with Crippen molar-refractivity contribution < 1.29 is 4.39 Å². The van der Waals surface area contributed by atoms with Crippen LogP contribution in [0.25, 0.3) is 0 Å². The van der Waals surface area contributed by atoms with Crippen molar-refractivity contribution in [3.05, 3.63) is 35.1 Å². The van der Waals surface area contributed by atoms with Gasteiger partial charge in [-0.3, -0.25) is 0 Å². The van der Waals surface area contributed by atoms with Crippen LogP contribution in [0.1, 0.15) is 64.0 Å². The SMILES string of the molecule is CCCCC(CC)C(Cc1cc(F)ccc1C)NCCC. The number of benzene rings is 1. The van der Waals surface area contributed by atoms with Gasteiger partial charge in [-0.1, -0.05) is 46.1 Å². The summed E-state index contributed by atoms with van der Waals surface area (Å²) in [6.07, 6.45) is 7.06. The second-order valence-corrected chi connectivity index (χ2v) is 6.15. The van der Waals surface area contributed by atoms with Crippen LogP contribution in [-0.4, -0.2) is 12.6 Å². The third-order valence-corrected chi connectivity index (χ3v) is 4.43. The van der Waals surface area contributed by atoms with Crippen LogP contribution < -0.4 is 5.32 Å². The van der Waals surface area contributed by atoms with Gasteiger partial charge in [0.1, 0.15) is 5.82 Å². The molecule has 0 amide bonds. The first-order valence-electron chi connectivity index (χ1n) is 8.60. The van der Waals surface area contributed by atoms with Crippen LogP contribution in [0.5, 0.6) is 0 Å². The molecule has 0 bridgehead atoms. The first kappa shape index (κ1) is 18.2. The number of hydrogen-bond acceptors (Lipinski definition) is 1. The molecule has 21 heavy (non-hydrogen) atoms. The average molecular weight is 293 g/mol. The molecule has 0 heterocycles. The van der Waals surface area contributed by atoms with Gasteiger partial charge in [0, 0.05) is 6.04 Å². The summed E-state index contributed by atoms with van der Waals surface area (Å²) in [7, 11) is 0. The molecule has 2 unspecified atom stereocenters. The van der Waals surface area contributed by atoms with E-state index in [2.05, 4.69) is 33.0 Å². The minimum absolute atomic E-state index is 0.119. The Morgan fingerprint density at radius 2 is 1.90 bits per heavy atom. The Kier molecular flexibility index (Phi) is 8.60. The molecule has 2 heteroatoms. The summed E-state index contributed by atoms with van der Waals surface area (Å²) in [5, 5.41) is 3.70. The van der Waals surface area contributed by atoms with Gasteiger partial charge >= 0.3 is 0 Å². The lowest BCUT2D eigenvalue weighted by Crippen LogP contribution is -2.38. The second kappa shape index (κ2) is 9.94. The molecule has 0 radical (unpaired) electrons. The summed E-state index contributed by atoms with van der Waals surface area (Å²) in [4.78, 5) is 0. The zero-order valence-corrected chi connectivity index (χ0v) is 14.2. The lowest BCUT2D eigenvalue weighted by atomic mass is 9.86. The molecular weight excluding hydrogens is 261 g/mol. The highest BCUT2D eigenvalue weighted by atomic mass is 19.1. The van der Waals surface area contributed by atoms with E-state index < -0.39 is 0 Å². The molecule has 0 aliphatic heterocycles. The fourth-order valence-corrected chi connectivity index (χ4v) is 2.99. The molecule has 0 aliphatic rings. The molecule has 1 rings (SSSR count). The molecule has 1 aromatic rings. The molecule has 0 aliphatic carbocycles. The van der Waals surface area contributed by atoms with Crippen LogP contribution in [0.15, 0.2) is 18.2 Å². The lowest BCUT2D eigenvalue weighted by molar-refractivity contribution is 0.315. The third kappa shape index (κ3) is 6.17. The highest BCUT2D eigenvalue weighted by molar-refractivity contribution is 5.27. The van der Waals surface area contributed by atoms with Crippen LogP contribution in [0.2, 0.25) is 0 Å². The Labute approximate surface area is 130 Å². The normalized spacial score (nSPS) is 14.1. The number of aryl methyl sites for hydroxylation is 1. The van der Waals surface area contributed by atoms with Gasteiger partial charge < -0.3 is 5.32 Å². The van der Waals surface area contributed by atoms with E-state index in [4.69, 9.17) is 0 Å². The zero-order valence-electron chi connectivity index (χ0n) is 14.2. The minimum Gasteiger partial charge on any atom is -0.313 e. The molecule has 0 spiro atoms. The summed E-state index contributed by atoms with van der Waals surface area (Å²) in [6, 6.07) is 5.63. The van der Waals surface area contributed by atoms with E-state index in [1.165, 1.54) is 31.2 Å². The van der Waals surface area contributed by atoms with Crippen LogP contribution in [0.3, 0.4) is 0 Å². The Hall–Kier alpha value is -0.890. The monoisotopic (exact) mass is 293 g/mol. The molecule has 1 nitrogen and oxygen atoms in total. The molecular formula is C19H32FN. The zero-order chi connectivity index (χ0) is 15.7. The van der Waals surface area contributed by atoms with Crippen LogP contribution >= 0.6 is 0 Å². The fourth-order valence-electron chi connectivity index (χ4n) is 2.99. The lowest BCUT2D eigenvalue weighted by Gasteiger charge is -2.28. The summed E-state index contributed by atoms with van der Waals surface area (Å²) in [6.45, 7) is 9.85. The maximum atomic E-state index is 13.5. The Balaban J connectivity index is 2.82. The van der Waals surface area contributed by atoms with E-state index in [1.54, 1.807) is 12.1 Å². The molecule has 2 atom stereocenters. The molecule has 0 aromatic heterocycles. The first-order chi connectivity index (χ1) is 10.1. The van der Waals surface area contributed by atoms with Gasteiger partial charge in [0.2, 0.25) is 0 Å². The van der Waals surface area contributed by atoms with E-state index in [0.29, 0.717) is 12.0 Å². The van der Waals surface area contributed by atoms with Crippen molar-refractivity contribution in [2.75, 3.05) is 6.54 Å². The first-order valence-corrected chi connectivity index (χ1v) is 8.60. The smallest absolute Gasteiger partial charge is 0.123 e. The topological polar surface area (TPSA) is 12.0 Å². The summed E-state index contributed by atoms with van der Waals surface area (Å²) < 4.78 is 13.5. The highest BCUT2D eigenvalue weighted by Gasteiger charge is 2.20. The molecule has 0 saturated heterocycles. The Morgan fingerprint density at radius 3 is 2.52 bits per heavy atom. The van der Waals surface area contributed by atoms with E-state index in [1.807, 2.05) is 6.07 Å². The maximum absolute atomic E-state index is 13.5. The summed E-state index contributed by atoms with van der Waals surface area (Å²) in [5.74, 6) is 0.561. The van der Waals surface area contributed by atoms with Crippen LogP contribution in [-0.2, 0) is 6.42 Å².